The lowest BCUT2D eigenvalue weighted by atomic mass is 10.1. The minimum absolute atomic E-state index is 0.0364. The van der Waals surface area contributed by atoms with E-state index in [0.717, 1.165) is 40.8 Å². The Bertz CT molecular complexity index is 1130. The third-order valence-electron chi connectivity index (χ3n) is 5.94. The van der Waals surface area contributed by atoms with E-state index in [-0.39, 0.29) is 5.91 Å². The first-order valence-corrected chi connectivity index (χ1v) is 11.5. The number of halogens is 1. The smallest absolute Gasteiger partial charge is 0.274 e. The third-order valence-corrected chi connectivity index (χ3v) is 7.28. The molecule has 3 heterocycles. The molecular formula is C23H23ClN4OS. The fraction of sp³-hybridized carbons (Fsp3) is 0.304. The molecule has 1 saturated heterocycles. The van der Waals surface area contributed by atoms with Crippen LogP contribution in [0.2, 0.25) is 5.02 Å². The van der Waals surface area contributed by atoms with Crippen LogP contribution in [0.15, 0.2) is 47.4 Å². The van der Waals surface area contributed by atoms with Crippen LogP contribution in [0.4, 0.5) is 5.69 Å². The zero-order chi connectivity index (χ0) is 20.8. The number of piperazine rings is 1. The van der Waals surface area contributed by atoms with E-state index in [9.17, 15) is 4.79 Å². The summed E-state index contributed by atoms with van der Waals surface area (Å²) in [7, 11) is 1.93. The number of nitrogens with zero attached hydrogens (tertiary/aromatic N) is 4. The number of hydrogen-bond acceptors (Lipinski definition) is 4. The molecular weight excluding hydrogens is 416 g/mol. The predicted molar refractivity (Wildman–Crippen MR) is 123 cm³/mol. The first-order chi connectivity index (χ1) is 14.5. The maximum absolute atomic E-state index is 13.4. The standard InChI is InChI=1S/C23H23ClN4OS/c1-15-7-8-16(24)13-19(15)27-9-11-28(12-10-27)23(29)21-18-14-30-20-6-4-3-5-17(20)22(18)26(2)25-21/h3-8,13H,9-12,14H2,1-2H3. The van der Waals surface area contributed by atoms with Crippen LogP contribution in [0.3, 0.4) is 0 Å². The van der Waals surface area contributed by atoms with Gasteiger partial charge in [0, 0.05) is 65.7 Å². The Balaban J connectivity index is 1.37. The van der Waals surface area contributed by atoms with Crippen LogP contribution < -0.4 is 4.90 Å². The monoisotopic (exact) mass is 438 g/mol. The summed E-state index contributed by atoms with van der Waals surface area (Å²) in [6, 6.07) is 14.3. The molecule has 5 rings (SSSR count). The molecule has 30 heavy (non-hydrogen) atoms. The van der Waals surface area contributed by atoms with E-state index in [2.05, 4.69) is 35.1 Å². The minimum atomic E-state index is 0.0364. The van der Waals surface area contributed by atoms with Crippen molar-refractivity contribution in [3.05, 3.63) is 64.3 Å². The highest BCUT2D eigenvalue weighted by Crippen LogP contribution is 2.42. The molecule has 2 aliphatic heterocycles. The van der Waals surface area contributed by atoms with Gasteiger partial charge in [0.25, 0.3) is 5.91 Å². The summed E-state index contributed by atoms with van der Waals surface area (Å²) in [5.74, 6) is 0.817. The number of benzene rings is 2. The Kier molecular flexibility index (Phi) is 4.99. The van der Waals surface area contributed by atoms with Gasteiger partial charge in [0.2, 0.25) is 0 Å². The van der Waals surface area contributed by atoms with Gasteiger partial charge >= 0.3 is 0 Å². The van der Waals surface area contributed by atoms with E-state index in [1.165, 1.54) is 16.0 Å². The van der Waals surface area contributed by atoms with Gasteiger partial charge in [-0.2, -0.15) is 5.10 Å². The lowest BCUT2D eigenvalue weighted by molar-refractivity contribution is 0.0739. The number of hydrogen-bond donors (Lipinski definition) is 0. The van der Waals surface area contributed by atoms with Crippen LogP contribution in [-0.2, 0) is 12.8 Å². The van der Waals surface area contributed by atoms with Gasteiger partial charge in [0.1, 0.15) is 0 Å². The van der Waals surface area contributed by atoms with Crippen molar-refractivity contribution in [3.63, 3.8) is 0 Å². The van der Waals surface area contributed by atoms with Gasteiger partial charge < -0.3 is 9.80 Å². The molecule has 0 unspecified atom stereocenters. The van der Waals surface area contributed by atoms with Crippen molar-refractivity contribution in [1.29, 1.82) is 0 Å². The number of anilines is 1. The van der Waals surface area contributed by atoms with Gasteiger partial charge in [-0.1, -0.05) is 35.9 Å². The molecule has 0 bridgehead atoms. The molecule has 2 aliphatic rings. The molecule has 154 valence electrons. The molecule has 0 aliphatic carbocycles. The van der Waals surface area contributed by atoms with Crippen LogP contribution in [-0.4, -0.2) is 46.8 Å². The highest BCUT2D eigenvalue weighted by atomic mass is 35.5. The molecule has 5 nitrogen and oxygen atoms in total. The Morgan fingerprint density at radius 3 is 2.67 bits per heavy atom. The number of carbonyl (C=O) groups excluding carboxylic acids is 1. The summed E-state index contributed by atoms with van der Waals surface area (Å²) in [5, 5.41) is 5.39. The number of rotatable bonds is 2. The van der Waals surface area contributed by atoms with E-state index in [0.29, 0.717) is 18.8 Å². The maximum Gasteiger partial charge on any atom is 0.274 e. The first-order valence-electron chi connectivity index (χ1n) is 10.1. The van der Waals surface area contributed by atoms with E-state index in [4.69, 9.17) is 11.6 Å². The lowest BCUT2D eigenvalue weighted by Gasteiger charge is -2.36. The number of aryl methyl sites for hydroxylation is 2. The van der Waals surface area contributed by atoms with E-state index >= 15 is 0 Å². The van der Waals surface area contributed by atoms with Crippen LogP contribution >= 0.6 is 23.4 Å². The Labute approximate surface area is 185 Å². The minimum Gasteiger partial charge on any atom is -0.368 e. The molecule has 7 heteroatoms. The summed E-state index contributed by atoms with van der Waals surface area (Å²) in [4.78, 5) is 18.9. The van der Waals surface area contributed by atoms with Crippen molar-refractivity contribution in [2.45, 2.75) is 17.6 Å². The van der Waals surface area contributed by atoms with Gasteiger partial charge in [-0.15, -0.1) is 11.8 Å². The molecule has 3 aromatic rings. The summed E-state index contributed by atoms with van der Waals surface area (Å²) >= 11 is 7.98. The van der Waals surface area contributed by atoms with E-state index < -0.39 is 0 Å². The molecule has 0 radical (unpaired) electrons. The molecule has 0 saturated carbocycles. The largest absolute Gasteiger partial charge is 0.368 e. The zero-order valence-electron chi connectivity index (χ0n) is 17.1. The highest BCUT2D eigenvalue weighted by molar-refractivity contribution is 7.98. The zero-order valence-corrected chi connectivity index (χ0v) is 18.6. The quantitative estimate of drug-likeness (QED) is 0.585. The lowest BCUT2D eigenvalue weighted by Crippen LogP contribution is -2.49. The molecule has 2 aromatic carbocycles. The topological polar surface area (TPSA) is 41.4 Å². The van der Waals surface area contributed by atoms with Crippen molar-refractivity contribution in [3.8, 4) is 11.3 Å². The fourth-order valence-electron chi connectivity index (χ4n) is 4.37. The summed E-state index contributed by atoms with van der Waals surface area (Å²) in [6.45, 7) is 5.04. The van der Waals surface area contributed by atoms with Crippen molar-refractivity contribution in [1.82, 2.24) is 14.7 Å². The second-order valence-electron chi connectivity index (χ2n) is 7.79. The summed E-state index contributed by atoms with van der Waals surface area (Å²) in [5.41, 5.74) is 6.24. The third kappa shape index (κ3) is 3.28. The SMILES string of the molecule is Cc1ccc(Cl)cc1N1CCN(C(=O)c2nn(C)c3c2CSc2ccccc2-3)CC1. The molecule has 0 N–H and O–H groups in total. The molecule has 1 amide bonds. The van der Waals surface area contributed by atoms with Gasteiger partial charge in [-0.25, -0.2) is 0 Å². The molecule has 0 spiro atoms. The second kappa shape index (κ2) is 7.67. The number of aromatic nitrogens is 2. The molecule has 1 fully saturated rings. The number of thioether (sulfide) groups is 1. The number of carbonyl (C=O) groups is 1. The maximum atomic E-state index is 13.4. The normalized spacial score (nSPS) is 15.7. The van der Waals surface area contributed by atoms with Crippen molar-refractivity contribution < 1.29 is 4.79 Å². The van der Waals surface area contributed by atoms with Crippen molar-refractivity contribution in [2.75, 3.05) is 31.1 Å². The predicted octanol–water partition coefficient (Wildman–Crippen LogP) is 4.62. The first kappa shape index (κ1) is 19.5. The van der Waals surface area contributed by atoms with E-state index in [1.54, 1.807) is 11.8 Å². The van der Waals surface area contributed by atoms with Crippen LogP contribution in [0, 0.1) is 6.92 Å². The summed E-state index contributed by atoms with van der Waals surface area (Å²) in [6.07, 6.45) is 0. The van der Waals surface area contributed by atoms with Gasteiger partial charge in [-0.3, -0.25) is 9.48 Å². The van der Waals surface area contributed by atoms with Crippen LogP contribution in [0.25, 0.3) is 11.3 Å². The second-order valence-corrected chi connectivity index (χ2v) is 9.25. The molecule has 1 aromatic heterocycles. The summed E-state index contributed by atoms with van der Waals surface area (Å²) < 4.78 is 1.87. The van der Waals surface area contributed by atoms with Crippen molar-refractivity contribution >= 4 is 35.0 Å². The average molecular weight is 439 g/mol. The molecule has 0 atom stereocenters. The Morgan fingerprint density at radius 1 is 1.10 bits per heavy atom. The van der Waals surface area contributed by atoms with Gasteiger partial charge in [0.05, 0.1) is 5.69 Å². The van der Waals surface area contributed by atoms with Crippen LogP contribution in [0.1, 0.15) is 21.6 Å². The Morgan fingerprint density at radius 2 is 1.87 bits per heavy atom. The van der Waals surface area contributed by atoms with Gasteiger partial charge in [-0.05, 0) is 30.7 Å². The number of amides is 1. The van der Waals surface area contributed by atoms with Gasteiger partial charge in [0.15, 0.2) is 5.69 Å². The average Bonchev–Trinajstić information content (AvgIpc) is 3.12. The highest BCUT2D eigenvalue weighted by Gasteiger charge is 2.31. The fourth-order valence-corrected chi connectivity index (χ4v) is 5.61. The van der Waals surface area contributed by atoms with Crippen LogP contribution in [0.5, 0.6) is 0 Å². The Hall–Kier alpha value is -2.44. The number of fused-ring (bicyclic) bond motifs is 3. The van der Waals surface area contributed by atoms with Crippen molar-refractivity contribution in [2.24, 2.45) is 7.05 Å². The van der Waals surface area contributed by atoms with E-state index in [1.807, 2.05) is 40.9 Å².